The standard InChI is InChI=1S/C24H19N3OS/c1-29-24-26-23(15-21-11-12-25-27(21)24)20-8-7-19-14-22(10-9-18(19)13-20)28-16-17-5-3-2-4-6-17/h2-15H,16H2,1H3. The van der Waals surface area contributed by atoms with Crippen molar-refractivity contribution in [1.82, 2.24) is 14.6 Å². The average molecular weight is 398 g/mol. The van der Waals surface area contributed by atoms with Crippen LogP contribution in [0.25, 0.3) is 27.5 Å². The molecule has 0 amide bonds. The van der Waals surface area contributed by atoms with Gasteiger partial charge in [0.05, 0.1) is 17.4 Å². The molecule has 3 aromatic carbocycles. The van der Waals surface area contributed by atoms with Crippen LogP contribution >= 0.6 is 11.8 Å². The molecule has 0 aliphatic carbocycles. The van der Waals surface area contributed by atoms with Crippen molar-refractivity contribution in [2.24, 2.45) is 0 Å². The molecule has 0 spiro atoms. The molecule has 0 radical (unpaired) electrons. The molecule has 5 aromatic rings. The van der Waals surface area contributed by atoms with Gasteiger partial charge in [-0.05, 0) is 52.9 Å². The Kier molecular flexibility index (Phi) is 4.66. The Hall–Kier alpha value is -3.31. The summed E-state index contributed by atoms with van der Waals surface area (Å²) in [6.45, 7) is 0.567. The van der Waals surface area contributed by atoms with Crippen LogP contribution in [0.4, 0.5) is 0 Å². The first kappa shape index (κ1) is 17.8. The van der Waals surface area contributed by atoms with Crippen molar-refractivity contribution >= 4 is 28.1 Å². The van der Waals surface area contributed by atoms with Gasteiger partial charge in [0, 0.05) is 5.56 Å². The van der Waals surface area contributed by atoms with Crippen LogP contribution in [0.3, 0.4) is 0 Å². The first-order valence-electron chi connectivity index (χ1n) is 9.40. The Labute approximate surface area is 173 Å². The summed E-state index contributed by atoms with van der Waals surface area (Å²) in [6, 6.07) is 26.9. The molecule has 4 nitrogen and oxygen atoms in total. The normalized spacial score (nSPS) is 11.2. The lowest BCUT2D eigenvalue weighted by molar-refractivity contribution is 0.306. The zero-order valence-electron chi connectivity index (χ0n) is 15.9. The third-order valence-corrected chi connectivity index (χ3v) is 5.52. The van der Waals surface area contributed by atoms with Crippen LogP contribution in [0, 0.1) is 0 Å². The molecule has 0 aliphatic heterocycles. The van der Waals surface area contributed by atoms with Crippen LogP contribution in [0.2, 0.25) is 0 Å². The second-order valence-electron chi connectivity index (χ2n) is 6.79. The van der Waals surface area contributed by atoms with Gasteiger partial charge in [-0.15, -0.1) is 0 Å². The maximum atomic E-state index is 5.96. The highest BCUT2D eigenvalue weighted by atomic mass is 32.2. The molecule has 0 aliphatic rings. The zero-order valence-corrected chi connectivity index (χ0v) is 16.8. The Morgan fingerprint density at radius 3 is 2.59 bits per heavy atom. The van der Waals surface area contributed by atoms with E-state index in [1.807, 2.05) is 41.1 Å². The maximum absolute atomic E-state index is 5.96. The Morgan fingerprint density at radius 1 is 0.897 bits per heavy atom. The summed E-state index contributed by atoms with van der Waals surface area (Å²) in [4.78, 5) is 4.79. The number of hydrogen-bond donors (Lipinski definition) is 0. The lowest BCUT2D eigenvalue weighted by Crippen LogP contribution is -1.97. The average Bonchev–Trinajstić information content (AvgIpc) is 3.26. The highest BCUT2D eigenvalue weighted by Crippen LogP contribution is 2.28. The molecule has 0 saturated heterocycles. The van der Waals surface area contributed by atoms with Gasteiger partial charge in [0.2, 0.25) is 0 Å². The maximum Gasteiger partial charge on any atom is 0.189 e. The van der Waals surface area contributed by atoms with E-state index in [0.29, 0.717) is 6.61 Å². The van der Waals surface area contributed by atoms with Gasteiger partial charge in [-0.3, -0.25) is 0 Å². The minimum absolute atomic E-state index is 0.567. The van der Waals surface area contributed by atoms with Crippen molar-refractivity contribution in [1.29, 1.82) is 0 Å². The molecule has 29 heavy (non-hydrogen) atoms. The number of rotatable bonds is 5. The van der Waals surface area contributed by atoms with Gasteiger partial charge in [-0.2, -0.15) is 5.10 Å². The van der Waals surface area contributed by atoms with Crippen LogP contribution in [0.15, 0.2) is 90.2 Å². The van der Waals surface area contributed by atoms with E-state index in [-0.39, 0.29) is 0 Å². The van der Waals surface area contributed by atoms with E-state index in [0.717, 1.165) is 44.0 Å². The smallest absolute Gasteiger partial charge is 0.189 e. The molecular weight excluding hydrogens is 378 g/mol. The SMILES string of the molecule is CSc1nc(-c2ccc3cc(OCc4ccccc4)ccc3c2)cc2ccnn12. The highest BCUT2D eigenvalue weighted by Gasteiger charge is 2.09. The number of ether oxygens (including phenoxy) is 1. The molecule has 5 heteroatoms. The molecule has 0 fully saturated rings. The van der Waals surface area contributed by atoms with E-state index in [1.165, 1.54) is 0 Å². The topological polar surface area (TPSA) is 39.4 Å². The molecule has 5 rings (SSSR count). The second-order valence-corrected chi connectivity index (χ2v) is 7.57. The monoisotopic (exact) mass is 397 g/mol. The predicted octanol–water partition coefficient (Wildman–Crippen LogP) is 5.85. The molecule has 2 aromatic heterocycles. The summed E-state index contributed by atoms with van der Waals surface area (Å²) in [7, 11) is 0. The van der Waals surface area contributed by atoms with Gasteiger partial charge in [-0.25, -0.2) is 9.50 Å². The number of benzene rings is 3. The molecule has 0 bridgehead atoms. The molecular formula is C24H19N3OS. The molecule has 2 heterocycles. The van der Waals surface area contributed by atoms with Crippen LogP contribution in [0.1, 0.15) is 5.56 Å². The number of nitrogens with zero attached hydrogens (tertiary/aromatic N) is 3. The van der Waals surface area contributed by atoms with Crippen LogP contribution in [-0.4, -0.2) is 20.9 Å². The number of aromatic nitrogens is 3. The number of hydrogen-bond acceptors (Lipinski definition) is 4. The number of thioether (sulfide) groups is 1. The van der Waals surface area contributed by atoms with Crippen molar-refractivity contribution in [3.8, 4) is 17.0 Å². The lowest BCUT2D eigenvalue weighted by Gasteiger charge is -2.09. The summed E-state index contributed by atoms with van der Waals surface area (Å²) < 4.78 is 7.83. The van der Waals surface area contributed by atoms with Crippen molar-refractivity contribution in [2.75, 3.05) is 6.26 Å². The van der Waals surface area contributed by atoms with Gasteiger partial charge < -0.3 is 4.74 Å². The second kappa shape index (κ2) is 7.60. The van der Waals surface area contributed by atoms with E-state index in [9.17, 15) is 0 Å². The van der Waals surface area contributed by atoms with Crippen LogP contribution in [0.5, 0.6) is 5.75 Å². The van der Waals surface area contributed by atoms with Crippen molar-refractivity contribution in [3.05, 3.63) is 90.6 Å². The fourth-order valence-corrected chi connectivity index (χ4v) is 3.91. The Bertz CT molecular complexity index is 1300. The van der Waals surface area contributed by atoms with Gasteiger partial charge >= 0.3 is 0 Å². The molecule has 0 atom stereocenters. The largest absolute Gasteiger partial charge is 0.489 e. The minimum Gasteiger partial charge on any atom is -0.489 e. The Morgan fingerprint density at radius 2 is 1.72 bits per heavy atom. The van der Waals surface area contributed by atoms with Crippen LogP contribution in [-0.2, 0) is 6.61 Å². The predicted molar refractivity (Wildman–Crippen MR) is 118 cm³/mol. The Balaban J connectivity index is 1.45. The van der Waals surface area contributed by atoms with Gasteiger partial charge in [0.1, 0.15) is 12.4 Å². The van der Waals surface area contributed by atoms with Crippen molar-refractivity contribution in [2.45, 2.75) is 11.8 Å². The highest BCUT2D eigenvalue weighted by molar-refractivity contribution is 7.98. The van der Waals surface area contributed by atoms with Gasteiger partial charge in [0.15, 0.2) is 5.16 Å². The van der Waals surface area contributed by atoms with E-state index >= 15 is 0 Å². The van der Waals surface area contributed by atoms with Crippen molar-refractivity contribution in [3.63, 3.8) is 0 Å². The quantitative estimate of drug-likeness (QED) is 0.275. The fraction of sp³-hybridized carbons (Fsp3) is 0.0833. The molecule has 0 N–H and O–H groups in total. The van der Waals surface area contributed by atoms with Gasteiger partial charge in [0.25, 0.3) is 0 Å². The summed E-state index contributed by atoms with van der Waals surface area (Å²) in [5.74, 6) is 0.873. The molecule has 142 valence electrons. The third-order valence-electron chi connectivity index (χ3n) is 4.89. The molecule has 0 saturated carbocycles. The van der Waals surface area contributed by atoms with Crippen LogP contribution < -0.4 is 4.74 Å². The van der Waals surface area contributed by atoms with E-state index in [1.54, 1.807) is 18.0 Å². The first-order chi connectivity index (χ1) is 14.3. The van der Waals surface area contributed by atoms with E-state index < -0.39 is 0 Å². The van der Waals surface area contributed by atoms with E-state index in [2.05, 4.69) is 53.6 Å². The summed E-state index contributed by atoms with van der Waals surface area (Å²) >= 11 is 1.59. The summed E-state index contributed by atoms with van der Waals surface area (Å²) in [5.41, 5.74) is 4.25. The minimum atomic E-state index is 0.567. The zero-order chi connectivity index (χ0) is 19.6. The van der Waals surface area contributed by atoms with Crippen molar-refractivity contribution < 1.29 is 4.74 Å². The molecule has 0 unspecified atom stereocenters. The third kappa shape index (κ3) is 3.57. The number of fused-ring (bicyclic) bond motifs is 2. The van der Waals surface area contributed by atoms with E-state index in [4.69, 9.17) is 9.72 Å². The summed E-state index contributed by atoms with van der Waals surface area (Å²) in [6.07, 6.45) is 3.82. The fourth-order valence-electron chi connectivity index (χ4n) is 3.40. The van der Waals surface area contributed by atoms with Gasteiger partial charge in [-0.1, -0.05) is 60.3 Å². The lowest BCUT2D eigenvalue weighted by atomic mass is 10.0. The summed E-state index contributed by atoms with van der Waals surface area (Å²) in [5, 5.41) is 7.53. The first-order valence-corrected chi connectivity index (χ1v) is 10.6.